The Kier molecular flexibility index (Phi) is 7.26. The highest BCUT2D eigenvalue weighted by molar-refractivity contribution is 7.99. The molecule has 2 fully saturated rings. The van der Waals surface area contributed by atoms with E-state index in [0.29, 0.717) is 4.90 Å². The molecule has 2 aliphatic rings. The second-order valence-corrected chi connectivity index (χ2v) is 8.92. The predicted octanol–water partition coefficient (Wildman–Crippen LogP) is 5.76. The van der Waals surface area contributed by atoms with Gasteiger partial charge in [-0.1, -0.05) is 70.4 Å². The summed E-state index contributed by atoms with van der Waals surface area (Å²) in [4.78, 5) is 3.58. The molecule has 0 aliphatic carbocycles. The van der Waals surface area contributed by atoms with E-state index in [2.05, 4.69) is 10.0 Å². The monoisotopic (exact) mass is 485 g/mol. The maximum atomic E-state index is 13.8. The normalized spacial score (nSPS) is 30.3. The first kappa shape index (κ1) is 22.6. The Morgan fingerprint density at radius 3 is 2.55 bits per heavy atom. The van der Waals surface area contributed by atoms with Gasteiger partial charge in [0.05, 0.1) is 22.7 Å². The van der Waals surface area contributed by atoms with Crippen LogP contribution in [0.3, 0.4) is 0 Å². The fourth-order valence-corrected chi connectivity index (χ4v) is 5.48. The lowest BCUT2D eigenvalue weighted by atomic mass is 9.96. The smallest absolute Gasteiger partial charge is 0.184 e. The highest BCUT2D eigenvalue weighted by Gasteiger charge is 2.50. The Labute approximate surface area is 192 Å². The van der Waals surface area contributed by atoms with E-state index in [1.165, 1.54) is 31.0 Å². The van der Waals surface area contributed by atoms with Crippen molar-refractivity contribution in [2.24, 2.45) is 5.11 Å². The largest absolute Gasteiger partial charge is 0.377 e. The van der Waals surface area contributed by atoms with Gasteiger partial charge in [-0.3, -0.25) is 0 Å². The number of hydrogen-bond acceptors (Lipinski definition) is 6. The number of fused-ring (bicyclic) bond motifs is 1. The summed E-state index contributed by atoms with van der Waals surface area (Å²) in [5, 5.41) is 3.76. The second kappa shape index (κ2) is 9.94. The molecule has 164 valence electrons. The molecule has 2 aromatic carbocycles. The van der Waals surface area contributed by atoms with E-state index in [0.717, 1.165) is 5.56 Å². The third-order valence-electron chi connectivity index (χ3n) is 5.05. The summed E-state index contributed by atoms with van der Waals surface area (Å²) in [6.07, 6.45) is -2.32. The van der Waals surface area contributed by atoms with Crippen LogP contribution in [0.1, 0.15) is 11.9 Å². The number of rotatable bonds is 5. The van der Waals surface area contributed by atoms with E-state index in [9.17, 15) is 9.92 Å². The lowest BCUT2D eigenvalue weighted by Gasteiger charge is -2.47. The molecule has 2 aliphatic heterocycles. The number of halogens is 3. The Morgan fingerprint density at radius 1 is 1.19 bits per heavy atom. The van der Waals surface area contributed by atoms with Crippen molar-refractivity contribution in [1.82, 2.24) is 0 Å². The van der Waals surface area contributed by atoms with Crippen LogP contribution in [0.5, 0.6) is 0 Å². The van der Waals surface area contributed by atoms with Crippen LogP contribution in [-0.2, 0) is 18.9 Å². The fourth-order valence-electron chi connectivity index (χ4n) is 3.62. The van der Waals surface area contributed by atoms with Gasteiger partial charge in [-0.25, -0.2) is 4.39 Å². The Bertz CT molecular complexity index is 959. The van der Waals surface area contributed by atoms with Crippen LogP contribution in [0.4, 0.5) is 4.39 Å². The summed E-state index contributed by atoms with van der Waals surface area (Å²) in [7, 11) is 1.50. The summed E-state index contributed by atoms with van der Waals surface area (Å²) in [6.45, 7) is 0.236. The van der Waals surface area contributed by atoms with Crippen LogP contribution in [0.15, 0.2) is 52.5 Å². The SMILES string of the molecule is COC1[C@@H](Sc2cc(Cl)c(F)c(Cl)c2)OC2COC(c3ccccc3)O[C@@H]2[C@@H]1N=[N+]=[N-]. The highest BCUT2D eigenvalue weighted by atomic mass is 35.5. The van der Waals surface area contributed by atoms with E-state index in [1.807, 2.05) is 30.3 Å². The summed E-state index contributed by atoms with van der Waals surface area (Å²) in [5.41, 5.74) is 9.43. The molecule has 7 nitrogen and oxygen atoms in total. The summed E-state index contributed by atoms with van der Waals surface area (Å²) in [6, 6.07) is 11.7. The molecular weight excluding hydrogens is 468 g/mol. The van der Waals surface area contributed by atoms with Crippen molar-refractivity contribution in [1.29, 1.82) is 0 Å². The number of thioether (sulfide) groups is 1. The van der Waals surface area contributed by atoms with E-state index >= 15 is 0 Å². The second-order valence-electron chi connectivity index (χ2n) is 6.93. The minimum absolute atomic E-state index is 0.0979. The topological polar surface area (TPSA) is 85.7 Å². The zero-order valence-electron chi connectivity index (χ0n) is 16.2. The average molecular weight is 486 g/mol. The molecule has 0 radical (unpaired) electrons. The number of benzene rings is 2. The Balaban J connectivity index is 1.58. The Morgan fingerprint density at radius 2 is 1.90 bits per heavy atom. The van der Waals surface area contributed by atoms with Crippen molar-refractivity contribution < 1.29 is 23.3 Å². The van der Waals surface area contributed by atoms with Gasteiger partial charge in [0.15, 0.2) is 12.1 Å². The predicted molar refractivity (Wildman–Crippen MR) is 115 cm³/mol. The molecule has 0 spiro atoms. The number of ether oxygens (including phenoxy) is 4. The highest BCUT2D eigenvalue weighted by Crippen LogP contribution is 2.42. The van der Waals surface area contributed by atoms with Crippen LogP contribution in [0, 0.1) is 5.82 Å². The van der Waals surface area contributed by atoms with Crippen molar-refractivity contribution in [3.8, 4) is 0 Å². The molecule has 0 saturated carbocycles. The molecule has 0 aromatic heterocycles. The van der Waals surface area contributed by atoms with Crippen LogP contribution in [-0.4, -0.2) is 43.5 Å². The molecule has 2 aromatic rings. The maximum absolute atomic E-state index is 13.8. The number of methoxy groups -OCH3 is 1. The number of nitrogens with zero attached hydrogens (tertiary/aromatic N) is 3. The van der Waals surface area contributed by atoms with E-state index in [1.54, 1.807) is 0 Å². The standard InChI is InChI=1S/C20H18Cl2FN3O4S/c1-27-18-16(25-26-24)17-14(9-28-19(30-17)10-5-3-2-4-6-10)29-20(18)31-11-7-12(21)15(23)13(22)8-11/h2-8,14,16-20H,9H2,1H3/t14?,16-,17-,18?,19?,20+/m0/s1. The van der Waals surface area contributed by atoms with Gasteiger partial charge in [0, 0.05) is 22.5 Å². The third-order valence-corrected chi connectivity index (χ3v) is 6.72. The van der Waals surface area contributed by atoms with Gasteiger partial charge in [0.2, 0.25) is 0 Å². The van der Waals surface area contributed by atoms with Crippen LogP contribution >= 0.6 is 35.0 Å². The zero-order chi connectivity index (χ0) is 22.0. The van der Waals surface area contributed by atoms with Gasteiger partial charge in [-0.05, 0) is 17.7 Å². The lowest BCUT2D eigenvalue weighted by Crippen LogP contribution is -2.60. The summed E-state index contributed by atoms with van der Waals surface area (Å²) < 4.78 is 37.6. The van der Waals surface area contributed by atoms with Gasteiger partial charge in [-0.2, -0.15) is 0 Å². The number of hydrogen-bond donors (Lipinski definition) is 0. The molecule has 6 atom stereocenters. The first-order valence-corrected chi connectivity index (χ1v) is 11.0. The molecule has 11 heteroatoms. The molecular formula is C20H18Cl2FN3O4S. The summed E-state index contributed by atoms with van der Waals surface area (Å²) in [5.74, 6) is -0.686. The van der Waals surface area contributed by atoms with Gasteiger partial charge >= 0.3 is 0 Å². The average Bonchev–Trinajstić information content (AvgIpc) is 2.78. The van der Waals surface area contributed by atoms with Crippen LogP contribution in [0.2, 0.25) is 10.0 Å². The quantitative estimate of drug-likeness (QED) is 0.232. The molecule has 0 N–H and O–H groups in total. The van der Waals surface area contributed by atoms with Crippen molar-refractivity contribution >= 4 is 35.0 Å². The first-order chi connectivity index (χ1) is 15.0. The van der Waals surface area contributed by atoms with Crippen molar-refractivity contribution in [2.75, 3.05) is 13.7 Å². The van der Waals surface area contributed by atoms with E-state index < -0.39 is 41.9 Å². The molecule has 2 saturated heterocycles. The first-order valence-electron chi connectivity index (χ1n) is 9.37. The van der Waals surface area contributed by atoms with Crippen molar-refractivity contribution in [2.45, 2.75) is 41.0 Å². The van der Waals surface area contributed by atoms with Gasteiger partial charge in [0.1, 0.15) is 23.7 Å². The minimum atomic E-state index is -0.686. The maximum Gasteiger partial charge on any atom is 0.184 e. The minimum Gasteiger partial charge on any atom is -0.377 e. The van der Waals surface area contributed by atoms with E-state index in [-0.39, 0.29) is 16.7 Å². The van der Waals surface area contributed by atoms with Gasteiger partial charge < -0.3 is 18.9 Å². The van der Waals surface area contributed by atoms with Gasteiger partial charge in [-0.15, -0.1) is 0 Å². The third kappa shape index (κ3) is 4.79. The molecule has 31 heavy (non-hydrogen) atoms. The molecule has 2 heterocycles. The molecule has 0 amide bonds. The number of azide groups is 1. The molecule has 3 unspecified atom stereocenters. The Hall–Kier alpha value is -1.55. The van der Waals surface area contributed by atoms with Gasteiger partial charge in [0.25, 0.3) is 0 Å². The van der Waals surface area contributed by atoms with Crippen LogP contribution < -0.4 is 0 Å². The molecule has 0 bridgehead atoms. The molecule has 4 rings (SSSR count). The fraction of sp³-hybridized carbons (Fsp3) is 0.400. The van der Waals surface area contributed by atoms with Crippen molar-refractivity contribution in [3.05, 3.63) is 74.3 Å². The zero-order valence-corrected chi connectivity index (χ0v) is 18.6. The summed E-state index contributed by atoms with van der Waals surface area (Å²) >= 11 is 13.1. The van der Waals surface area contributed by atoms with E-state index in [4.69, 9.17) is 42.1 Å². The van der Waals surface area contributed by atoms with Crippen molar-refractivity contribution in [3.63, 3.8) is 0 Å². The van der Waals surface area contributed by atoms with Crippen LogP contribution in [0.25, 0.3) is 10.4 Å². The lowest BCUT2D eigenvalue weighted by molar-refractivity contribution is -0.298.